The average Bonchev–Trinajstić information content (AvgIpc) is 2.59. The van der Waals surface area contributed by atoms with Crippen LogP contribution in [0.15, 0.2) is 54.6 Å². The van der Waals surface area contributed by atoms with Gasteiger partial charge >= 0.3 is 0 Å². The van der Waals surface area contributed by atoms with Crippen molar-refractivity contribution in [3.05, 3.63) is 65.7 Å². The summed E-state index contributed by atoms with van der Waals surface area (Å²) in [6, 6.07) is 19.1. The van der Waals surface area contributed by atoms with Crippen LogP contribution in [0.5, 0.6) is 5.75 Å². The molecule has 2 rings (SSSR count). The molecule has 2 aromatic carbocycles. The van der Waals surface area contributed by atoms with Gasteiger partial charge in [-0.1, -0.05) is 63.2 Å². The van der Waals surface area contributed by atoms with E-state index < -0.39 is 0 Å². The molecule has 3 heteroatoms. The van der Waals surface area contributed by atoms with Crippen LogP contribution in [0.25, 0.3) is 0 Å². The Bertz CT molecular complexity index is 537. The fraction of sp³-hybridized carbons (Fsp3) is 0.400. The van der Waals surface area contributed by atoms with E-state index in [-0.39, 0.29) is 12.4 Å². The first kappa shape index (κ1) is 19.5. The third-order valence-electron chi connectivity index (χ3n) is 4.25. The molecule has 2 aromatic rings. The highest BCUT2D eigenvalue weighted by Gasteiger charge is 2.08. The Balaban J connectivity index is 0.00000264. The minimum absolute atomic E-state index is 0. The molecular weight excluding hydrogens is 306 g/mol. The largest absolute Gasteiger partial charge is 0.492 e. The van der Waals surface area contributed by atoms with Gasteiger partial charge in [-0.05, 0) is 36.3 Å². The molecule has 0 heterocycles. The lowest BCUT2D eigenvalue weighted by atomic mass is 9.93. The number of halogens is 1. The summed E-state index contributed by atoms with van der Waals surface area (Å²) in [5.41, 5.74) is 2.67. The van der Waals surface area contributed by atoms with Crippen molar-refractivity contribution < 1.29 is 4.74 Å². The quantitative estimate of drug-likeness (QED) is 0.675. The molecule has 0 aliphatic rings. The zero-order valence-corrected chi connectivity index (χ0v) is 15.2. The lowest BCUT2D eigenvalue weighted by Crippen LogP contribution is -2.27. The Morgan fingerprint density at radius 1 is 0.870 bits per heavy atom. The average molecular weight is 334 g/mol. The monoisotopic (exact) mass is 333 g/mol. The summed E-state index contributed by atoms with van der Waals surface area (Å²) in [5.74, 6) is 1.36. The van der Waals surface area contributed by atoms with Crippen LogP contribution in [0, 0.1) is 0 Å². The van der Waals surface area contributed by atoms with E-state index in [1.165, 1.54) is 11.1 Å². The molecule has 0 aromatic heterocycles. The van der Waals surface area contributed by atoms with Crippen molar-refractivity contribution in [3.8, 4) is 5.75 Å². The van der Waals surface area contributed by atoms with Crippen LogP contribution in [0.1, 0.15) is 37.8 Å². The third-order valence-corrected chi connectivity index (χ3v) is 4.25. The second-order valence-corrected chi connectivity index (χ2v) is 5.58. The first-order chi connectivity index (χ1) is 10.7. The van der Waals surface area contributed by atoms with Gasteiger partial charge in [0.15, 0.2) is 0 Å². The van der Waals surface area contributed by atoms with E-state index in [0.29, 0.717) is 5.92 Å². The van der Waals surface area contributed by atoms with E-state index in [9.17, 15) is 0 Å². The minimum Gasteiger partial charge on any atom is -0.492 e. The first-order valence-electron chi connectivity index (χ1n) is 8.24. The molecule has 0 radical (unpaired) electrons. The molecule has 0 fully saturated rings. The summed E-state index contributed by atoms with van der Waals surface area (Å²) in [6.07, 6.45) is 0. The second kappa shape index (κ2) is 10.3. The van der Waals surface area contributed by atoms with Crippen LogP contribution in [0.3, 0.4) is 0 Å². The van der Waals surface area contributed by atoms with Gasteiger partial charge in [0.1, 0.15) is 12.4 Å². The van der Waals surface area contributed by atoms with Crippen molar-refractivity contribution >= 4 is 12.4 Å². The molecule has 126 valence electrons. The molecule has 0 saturated carbocycles. The van der Waals surface area contributed by atoms with E-state index in [2.05, 4.69) is 80.3 Å². The van der Waals surface area contributed by atoms with Gasteiger partial charge in [-0.3, -0.25) is 0 Å². The molecular formula is C20H28ClNO. The summed E-state index contributed by atoms with van der Waals surface area (Å²) in [7, 11) is 0. The van der Waals surface area contributed by atoms with E-state index >= 15 is 0 Å². The highest BCUT2D eigenvalue weighted by molar-refractivity contribution is 5.85. The molecule has 0 aliphatic heterocycles. The maximum Gasteiger partial charge on any atom is 0.119 e. The Morgan fingerprint density at radius 3 is 2.00 bits per heavy atom. The van der Waals surface area contributed by atoms with Crippen molar-refractivity contribution in [1.82, 2.24) is 4.90 Å². The van der Waals surface area contributed by atoms with E-state index in [4.69, 9.17) is 4.74 Å². The van der Waals surface area contributed by atoms with E-state index in [1.807, 2.05) is 0 Å². The Hall–Kier alpha value is -1.51. The summed E-state index contributed by atoms with van der Waals surface area (Å²) < 4.78 is 5.84. The number of hydrogen-bond donors (Lipinski definition) is 0. The predicted molar refractivity (Wildman–Crippen MR) is 101 cm³/mol. The zero-order chi connectivity index (χ0) is 15.8. The van der Waals surface area contributed by atoms with Gasteiger partial charge in [0, 0.05) is 12.5 Å². The molecule has 0 bridgehead atoms. The normalized spacial score (nSPS) is 11.8. The van der Waals surface area contributed by atoms with Crippen LogP contribution in [-0.4, -0.2) is 31.1 Å². The molecule has 0 aliphatic carbocycles. The highest BCUT2D eigenvalue weighted by atomic mass is 35.5. The zero-order valence-electron chi connectivity index (χ0n) is 14.4. The third kappa shape index (κ3) is 5.89. The molecule has 1 unspecified atom stereocenters. The van der Waals surface area contributed by atoms with Gasteiger partial charge in [-0.25, -0.2) is 0 Å². The SMILES string of the molecule is CCN(CC)CCOc1ccc(C(C)c2ccccc2)cc1.Cl. The van der Waals surface area contributed by atoms with Gasteiger partial charge in [-0.2, -0.15) is 0 Å². The van der Waals surface area contributed by atoms with E-state index in [0.717, 1.165) is 32.0 Å². The van der Waals surface area contributed by atoms with Crippen molar-refractivity contribution in [1.29, 1.82) is 0 Å². The highest BCUT2D eigenvalue weighted by Crippen LogP contribution is 2.25. The maximum absolute atomic E-state index is 5.84. The molecule has 0 spiro atoms. The number of hydrogen-bond acceptors (Lipinski definition) is 2. The molecule has 0 saturated heterocycles. The number of benzene rings is 2. The molecule has 23 heavy (non-hydrogen) atoms. The van der Waals surface area contributed by atoms with Gasteiger partial charge in [0.05, 0.1) is 0 Å². The molecule has 0 N–H and O–H groups in total. The number of rotatable bonds is 8. The maximum atomic E-state index is 5.84. The van der Waals surface area contributed by atoms with Crippen molar-refractivity contribution in [2.24, 2.45) is 0 Å². The minimum atomic E-state index is 0. The van der Waals surface area contributed by atoms with Crippen molar-refractivity contribution in [2.45, 2.75) is 26.7 Å². The van der Waals surface area contributed by atoms with Crippen LogP contribution in [0.4, 0.5) is 0 Å². The van der Waals surface area contributed by atoms with Gasteiger partial charge in [-0.15, -0.1) is 12.4 Å². The molecule has 1 atom stereocenters. The van der Waals surface area contributed by atoms with Gasteiger partial charge < -0.3 is 9.64 Å². The Kier molecular flexibility index (Phi) is 8.75. The van der Waals surface area contributed by atoms with E-state index in [1.54, 1.807) is 0 Å². The van der Waals surface area contributed by atoms with Crippen LogP contribution >= 0.6 is 12.4 Å². The summed E-state index contributed by atoms with van der Waals surface area (Å²) in [5, 5.41) is 0. The smallest absolute Gasteiger partial charge is 0.119 e. The summed E-state index contributed by atoms with van der Waals surface area (Å²) in [4.78, 5) is 2.37. The number of ether oxygens (including phenoxy) is 1. The second-order valence-electron chi connectivity index (χ2n) is 5.58. The van der Waals surface area contributed by atoms with Crippen molar-refractivity contribution in [3.63, 3.8) is 0 Å². The molecule has 2 nitrogen and oxygen atoms in total. The molecule has 0 amide bonds. The fourth-order valence-corrected chi connectivity index (χ4v) is 2.62. The Morgan fingerprint density at radius 2 is 1.43 bits per heavy atom. The number of likely N-dealkylation sites (N-methyl/N-ethyl adjacent to an activating group) is 1. The number of nitrogens with zero attached hydrogens (tertiary/aromatic N) is 1. The van der Waals surface area contributed by atoms with Gasteiger partial charge in [0.2, 0.25) is 0 Å². The summed E-state index contributed by atoms with van der Waals surface area (Å²) >= 11 is 0. The standard InChI is InChI=1S/C20H27NO.ClH/c1-4-21(5-2)15-16-22-20-13-11-19(12-14-20)17(3)18-9-7-6-8-10-18;/h6-14,17H,4-5,15-16H2,1-3H3;1H. The van der Waals surface area contributed by atoms with Crippen LogP contribution in [-0.2, 0) is 0 Å². The predicted octanol–water partition coefficient (Wildman–Crippen LogP) is 4.98. The van der Waals surface area contributed by atoms with Crippen LogP contribution in [0.2, 0.25) is 0 Å². The van der Waals surface area contributed by atoms with Gasteiger partial charge in [0.25, 0.3) is 0 Å². The topological polar surface area (TPSA) is 12.5 Å². The van der Waals surface area contributed by atoms with Crippen LogP contribution < -0.4 is 4.74 Å². The lowest BCUT2D eigenvalue weighted by molar-refractivity contribution is 0.223. The fourth-order valence-electron chi connectivity index (χ4n) is 2.62. The lowest BCUT2D eigenvalue weighted by Gasteiger charge is -2.18. The first-order valence-corrected chi connectivity index (χ1v) is 8.24. The Labute approximate surface area is 146 Å². The summed E-state index contributed by atoms with van der Waals surface area (Å²) in [6.45, 7) is 10.5. The van der Waals surface area contributed by atoms with Crippen molar-refractivity contribution in [2.75, 3.05) is 26.2 Å².